The second kappa shape index (κ2) is 7.68. The molecule has 15 heavy (non-hydrogen) atoms. The van der Waals surface area contributed by atoms with Crippen molar-refractivity contribution in [1.29, 1.82) is 0 Å². The van der Waals surface area contributed by atoms with Crippen LogP contribution in [0, 0.1) is 0 Å². The molecule has 1 aromatic carbocycles. The molecule has 0 saturated carbocycles. The number of benzene rings is 1. The summed E-state index contributed by atoms with van der Waals surface area (Å²) in [6, 6.07) is 7.87. The zero-order valence-corrected chi connectivity index (χ0v) is 10.5. The molecule has 1 aromatic rings. The summed E-state index contributed by atoms with van der Waals surface area (Å²) in [6.07, 6.45) is 0. The lowest BCUT2D eigenvalue weighted by molar-refractivity contribution is -0.656. The molecule has 0 amide bonds. The van der Waals surface area contributed by atoms with Crippen molar-refractivity contribution in [1.82, 2.24) is 0 Å². The predicted octanol–water partition coefficient (Wildman–Crippen LogP) is 1.04. The number of quaternary nitrogens is 1. The lowest BCUT2D eigenvalue weighted by Gasteiger charge is -2.06. The Hall–Kier alpha value is -0.580. The fourth-order valence-corrected chi connectivity index (χ4v) is 1.56. The Balaban J connectivity index is 2.12. The van der Waals surface area contributed by atoms with Crippen LogP contribution in [0.4, 0.5) is 0 Å². The Morgan fingerprint density at radius 3 is 2.67 bits per heavy atom. The van der Waals surface area contributed by atoms with Gasteiger partial charge in [0.05, 0.1) is 17.6 Å². The van der Waals surface area contributed by atoms with Gasteiger partial charge in [0.15, 0.2) is 0 Å². The van der Waals surface area contributed by atoms with Crippen LogP contribution in [0.2, 0.25) is 0 Å². The molecule has 0 spiro atoms. The van der Waals surface area contributed by atoms with Crippen molar-refractivity contribution in [2.24, 2.45) is 0 Å². The van der Waals surface area contributed by atoms with E-state index in [1.807, 2.05) is 24.3 Å². The van der Waals surface area contributed by atoms with Crippen molar-refractivity contribution < 1.29 is 14.8 Å². The van der Waals surface area contributed by atoms with Crippen LogP contribution in [-0.4, -0.2) is 33.4 Å². The molecule has 0 heterocycles. The first-order valence-corrected chi connectivity index (χ1v) is 5.82. The van der Waals surface area contributed by atoms with Gasteiger partial charge >= 0.3 is 0 Å². The van der Waals surface area contributed by atoms with Crippen molar-refractivity contribution in [3.63, 3.8) is 0 Å². The van der Waals surface area contributed by atoms with Crippen LogP contribution >= 0.6 is 15.9 Å². The lowest BCUT2D eigenvalue weighted by Crippen LogP contribution is -2.86. The van der Waals surface area contributed by atoms with Crippen LogP contribution in [0.25, 0.3) is 0 Å². The van der Waals surface area contributed by atoms with Crippen molar-refractivity contribution in [2.75, 3.05) is 33.4 Å². The van der Waals surface area contributed by atoms with Gasteiger partial charge in [0.25, 0.3) is 0 Å². The Bertz CT molecular complexity index is 281. The Morgan fingerprint density at radius 1 is 1.20 bits per heavy atom. The molecule has 1 rings (SSSR count). The van der Waals surface area contributed by atoms with Crippen molar-refractivity contribution in [3.05, 3.63) is 28.7 Å². The van der Waals surface area contributed by atoms with Gasteiger partial charge in [-0.25, -0.2) is 0 Å². The third-order valence-corrected chi connectivity index (χ3v) is 2.60. The molecule has 0 fully saturated rings. The summed E-state index contributed by atoms with van der Waals surface area (Å²) in [5, 5.41) is 2.18. The first-order chi connectivity index (χ1) is 7.34. The van der Waals surface area contributed by atoms with E-state index < -0.39 is 0 Å². The van der Waals surface area contributed by atoms with Crippen LogP contribution in [0.3, 0.4) is 0 Å². The van der Waals surface area contributed by atoms with E-state index in [-0.39, 0.29) is 0 Å². The third kappa shape index (κ3) is 5.16. The minimum absolute atomic E-state index is 0.715. The minimum atomic E-state index is 0.715. The number of ether oxygens (including phenoxy) is 2. The lowest BCUT2D eigenvalue weighted by atomic mass is 10.3. The average Bonchev–Trinajstić information content (AvgIpc) is 2.25. The minimum Gasteiger partial charge on any atom is -0.487 e. The van der Waals surface area contributed by atoms with Gasteiger partial charge in [0.2, 0.25) is 0 Å². The highest BCUT2D eigenvalue weighted by molar-refractivity contribution is 9.10. The van der Waals surface area contributed by atoms with E-state index in [9.17, 15) is 0 Å². The van der Waals surface area contributed by atoms with Gasteiger partial charge in [-0.2, -0.15) is 0 Å². The second-order valence-corrected chi connectivity index (χ2v) is 3.99. The van der Waals surface area contributed by atoms with Gasteiger partial charge in [-0.1, -0.05) is 12.1 Å². The number of para-hydroxylation sites is 1. The molecule has 0 unspecified atom stereocenters. The van der Waals surface area contributed by atoms with E-state index in [1.165, 1.54) is 0 Å². The van der Waals surface area contributed by atoms with Crippen molar-refractivity contribution in [3.8, 4) is 5.75 Å². The Kier molecular flexibility index (Phi) is 6.39. The zero-order chi connectivity index (χ0) is 10.9. The Labute approximate surface area is 98.9 Å². The van der Waals surface area contributed by atoms with Gasteiger partial charge in [0.1, 0.15) is 18.9 Å². The normalized spacial score (nSPS) is 10.3. The summed E-state index contributed by atoms with van der Waals surface area (Å²) in [5.74, 6) is 0.901. The summed E-state index contributed by atoms with van der Waals surface area (Å²) < 4.78 is 11.5. The van der Waals surface area contributed by atoms with Crippen LogP contribution < -0.4 is 10.1 Å². The summed E-state index contributed by atoms with van der Waals surface area (Å²) in [6.45, 7) is 3.43. The van der Waals surface area contributed by atoms with Crippen LogP contribution in [-0.2, 0) is 4.74 Å². The summed E-state index contributed by atoms with van der Waals surface area (Å²) in [5.41, 5.74) is 0. The molecule has 3 nitrogen and oxygen atoms in total. The highest BCUT2D eigenvalue weighted by atomic mass is 79.9. The maximum Gasteiger partial charge on any atom is 0.137 e. The summed E-state index contributed by atoms with van der Waals surface area (Å²) in [4.78, 5) is 0. The highest BCUT2D eigenvalue weighted by Gasteiger charge is 1.98. The number of rotatable bonds is 7. The standard InChI is InChI=1S/C11H16BrNO2/c1-14-8-6-13-7-9-15-11-5-3-2-4-10(11)12/h2-5,13H,6-9H2,1H3/p+1. The van der Waals surface area contributed by atoms with Crippen LogP contribution in [0.1, 0.15) is 0 Å². The van der Waals surface area contributed by atoms with E-state index in [2.05, 4.69) is 21.2 Å². The monoisotopic (exact) mass is 274 g/mol. The smallest absolute Gasteiger partial charge is 0.137 e. The maximum atomic E-state index is 5.60. The van der Waals surface area contributed by atoms with Gasteiger partial charge in [-0.15, -0.1) is 0 Å². The molecular formula is C11H17BrNO2+. The zero-order valence-electron chi connectivity index (χ0n) is 8.91. The fourth-order valence-electron chi connectivity index (χ4n) is 1.16. The molecular weight excluding hydrogens is 258 g/mol. The topological polar surface area (TPSA) is 35.1 Å². The van der Waals surface area contributed by atoms with E-state index in [1.54, 1.807) is 7.11 Å². The van der Waals surface area contributed by atoms with Crippen molar-refractivity contribution >= 4 is 15.9 Å². The van der Waals surface area contributed by atoms with Crippen molar-refractivity contribution in [2.45, 2.75) is 0 Å². The Morgan fingerprint density at radius 2 is 1.93 bits per heavy atom. The molecule has 0 saturated heterocycles. The molecule has 2 N–H and O–H groups in total. The summed E-state index contributed by atoms with van der Waals surface area (Å²) >= 11 is 3.44. The first kappa shape index (κ1) is 12.5. The largest absolute Gasteiger partial charge is 0.487 e. The number of nitrogens with two attached hydrogens (primary N) is 1. The van der Waals surface area contributed by atoms with Crippen LogP contribution in [0.5, 0.6) is 5.75 Å². The van der Waals surface area contributed by atoms with Crippen LogP contribution in [0.15, 0.2) is 28.7 Å². The van der Waals surface area contributed by atoms with Gasteiger partial charge in [-0.3, -0.25) is 0 Å². The van der Waals surface area contributed by atoms with Gasteiger partial charge in [-0.05, 0) is 28.1 Å². The SMILES string of the molecule is COCC[NH2+]CCOc1ccccc1Br. The highest BCUT2D eigenvalue weighted by Crippen LogP contribution is 2.23. The number of halogens is 1. The molecule has 84 valence electrons. The molecule has 0 bridgehead atoms. The molecule has 0 radical (unpaired) electrons. The van der Waals surface area contributed by atoms with E-state index in [4.69, 9.17) is 9.47 Å². The second-order valence-electron chi connectivity index (χ2n) is 3.14. The molecule has 0 atom stereocenters. The summed E-state index contributed by atoms with van der Waals surface area (Å²) in [7, 11) is 1.71. The molecule has 0 aliphatic rings. The van der Waals surface area contributed by atoms with E-state index in [0.29, 0.717) is 6.61 Å². The van der Waals surface area contributed by atoms with E-state index >= 15 is 0 Å². The van der Waals surface area contributed by atoms with Gasteiger partial charge < -0.3 is 14.8 Å². The maximum absolute atomic E-state index is 5.60. The number of hydrogen-bond acceptors (Lipinski definition) is 2. The van der Waals surface area contributed by atoms with Gasteiger partial charge in [0, 0.05) is 7.11 Å². The molecule has 0 aliphatic carbocycles. The predicted molar refractivity (Wildman–Crippen MR) is 63.2 cm³/mol. The number of hydrogen-bond donors (Lipinski definition) is 1. The third-order valence-electron chi connectivity index (χ3n) is 1.94. The average molecular weight is 275 g/mol. The molecule has 0 aliphatic heterocycles. The molecule has 4 heteroatoms. The van der Waals surface area contributed by atoms with E-state index in [0.717, 1.165) is 29.9 Å². The molecule has 0 aromatic heterocycles. The number of methoxy groups -OCH3 is 1. The fraction of sp³-hybridized carbons (Fsp3) is 0.455. The quantitative estimate of drug-likeness (QED) is 0.755. The first-order valence-electron chi connectivity index (χ1n) is 5.02.